The Morgan fingerprint density at radius 2 is 1.18 bits per heavy atom. The maximum Gasteiger partial charge on any atom is 0.338 e. The van der Waals surface area contributed by atoms with Gasteiger partial charge < -0.3 is 36.8 Å². The zero-order chi connectivity index (χ0) is 45.1. The van der Waals surface area contributed by atoms with Gasteiger partial charge in [-0.25, -0.2) is 59.3 Å². The third-order valence-electron chi connectivity index (χ3n) is 6.73. The van der Waals surface area contributed by atoms with Crippen molar-refractivity contribution < 1.29 is 49.3 Å². The second kappa shape index (κ2) is 36.3. The summed E-state index contributed by atoms with van der Waals surface area (Å²) in [6.07, 6.45) is 6.22. The number of carbonyl (C=O) groups excluding carboxylic acids is 4. The number of urea groups is 3. The lowest BCUT2D eigenvalue weighted by molar-refractivity contribution is -0.118. The molecule has 0 radical (unpaired) electrons. The maximum atomic E-state index is 11.0. The first-order chi connectivity index (χ1) is 25.8. The smallest absolute Gasteiger partial charge is 0.338 e. The lowest BCUT2D eigenvalue weighted by Crippen LogP contribution is -2.36. The molecule has 2 saturated carbocycles. The number of hydrogen-bond acceptors (Lipinski definition) is 12. The van der Waals surface area contributed by atoms with Gasteiger partial charge in [-0.1, -0.05) is 20.8 Å². The molecule has 0 aromatic heterocycles. The molecule has 1 aliphatic heterocycles. The number of likely N-dealkylation sites (tertiary alicyclic amines) is 1. The monoisotopic (exact) mass is 873 g/mol. The Bertz CT molecular complexity index is 1350. The molecule has 0 spiro atoms. The Balaban J connectivity index is -0.000000179. The van der Waals surface area contributed by atoms with Crippen molar-refractivity contribution in [2.24, 2.45) is 5.92 Å². The van der Waals surface area contributed by atoms with Crippen molar-refractivity contribution in [1.82, 2.24) is 56.4 Å². The van der Waals surface area contributed by atoms with E-state index in [0.717, 1.165) is 51.4 Å². The Labute approximate surface area is 337 Å². The van der Waals surface area contributed by atoms with E-state index in [1.807, 2.05) is 17.4 Å². The van der Waals surface area contributed by atoms with Crippen LogP contribution in [0.5, 0.6) is 0 Å². The van der Waals surface area contributed by atoms with E-state index in [4.69, 9.17) is 0 Å². The zero-order valence-corrected chi connectivity index (χ0v) is 38.6. The molecule has 1 unspecified atom stereocenters. The van der Waals surface area contributed by atoms with Crippen molar-refractivity contribution in [1.29, 1.82) is 0 Å². The van der Waals surface area contributed by atoms with Gasteiger partial charge in [0.05, 0.1) is 24.4 Å². The Kier molecular flexibility index (Phi) is 40.3. The van der Waals surface area contributed by atoms with Crippen molar-refractivity contribution in [3.8, 4) is 0 Å². The average molecular weight is 874 g/mol. The minimum atomic E-state index is -2.91. The van der Waals surface area contributed by atoms with Gasteiger partial charge in [0.15, 0.2) is 0 Å². The second-order valence-corrected chi connectivity index (χ2v) is 18.4. The summed E-state index contributed by atoms with van der Waals surface area (Å²) in [5.74, 6) is 0.839. The summed E-state index contributed by atoms with van der Waals surface area (Å²) in [6.45, 7) is 11.3. The standard InChI is InChI=1S/C7H14N2O.C5H10N2O.C4H9NO2S.C4H11N.C3H8N2O2.C3H9NO2S.C3H7NO.C2H7NO2S/c1-6-3-4-9(5-6)7(10)8-2;1-6-5(8)7-4-2-3-4;1-5-8(6,7)4-2-3-4;1-4(2)5-3;1-4-3(6)5-7-2;1-3-7(5,6)4-2;1-3(5)4-2;1-3-6(2,4)5/h6H,3-5H2,1-2H3,(H,8,10);4H,2-3H2,1H3,(H2,6,7,8);4-5H,2-3H2,1H3;4-5H,1-3H3;1-2H3,(H2,4,5,6);4H,3H2,1-2H3;1-2H3,(H,4,5);3H,1-2H3. The molecule has 2 aliphatic carbocycles. The van der Waals surface area contributed by atoms with Crippen LogP contribution < -0.4 is 51.5 Å². The van der Waals surface area contributed by atoms with Gasteiger partial charge in [0.25, 0.3) is 0 Å². The molecule has 0 bridgehead atoms. The quantitative estimate of drug-likeness (QED) is 0.132. The number of hydroxylamine groups is 1. The molecule has 3 fully saturated rings. The summed E-state index contributed by atoms with van der Waals surface area (Å²) < 4.78 is 68.1. The van der Waals surface area contributed by atoms with Gasteiger partial charge in [-0.05, 0) is 73.1 Å². The molecule has 56 heavy (non-hydrogen) atoms. The van der Waals surface area contributed by atoms with E-state index >= 15 is 0 Å². The second-order valence-electron chi connectivity index (χ2n) is 12.1. The van der Waals surface area contributed by atoms with E-state index < -0.39 is 30.1 Å². The molecule has 1 heterocycles. The first kappa shape index (κ1) is 62.1. The van der Waals surface area contributed by atoms with Gasteiger partial charge in [-0.3, -0.25) is 9.63 Å². The van der Waals surface area contributed by atoms with Crippen LogP contribution in [-0.4, -0.2) is 160 Å². The minimum absolute atomic E-state index is 0.00463. The first-order valence-electron chi connectivity index (χ1n) is 17.8. The number of nitrogens with zero attached hydrogens (tertiary/aromatic N) is 1. The normalized spacial score (nSPS) is 15.1. The topological polar surface area (TPSA) is 303 Å². The number of nitrogens with one attached hydrogen (secondary N) is 10. The molecular formula is C31H75N11O11S3. The fourth-order valence-corrected chi connectivity index (χ4v) is 3.97. The van der Waals surface area contributed by atoms with Crippen LogP contribution in [0, 0.1) is 5.92 Å². The predicted molar refractivity (Wildman–Crippen MR) is 222 cm³/mol. The highest BCUT2D eigenvalue weighted by atomic mass is 32.2. The third-order valence-corrected chi connectivity index (χ3v) is 10.8. The highest BCUT2D eigenvalue weighted by Crippen LogP contribution is 2.26. The number of amides is 7. The molecule has 22 nitrogen and oxygen atoms in total. The lowest BCUT2D eigenvalue weighted by atomic mass is 10.2. The van der Waals surface area contributed by atoms with Crippen LogP contribution in [-0.2, 0) is 39.7 Å². The molecule has 25 heteroatoms. The van der Waals surface area contributed by atoms with E-state index in [-0.39, 0.29) is 35.0 Å². The van der Waals surface area contributed by atoms with Gasteiger partial charge in [0.2, 0.25) is 36.0 Å². The molecule has 0 aromatic carbocycles. The van der Waals surface area contributed by atoms with Crippen molar-refractivity contribution in [2.45, 2.75) is 84.1 Å². The van der Waals surface area contributed by atoms with Crippen LogP contribution in [0.25, 0.3) is 0 Å². The van der Waals surface area contributed by atoms with Gasteiger partial charge in [-0.2, -0.15) is 0 Å². The van der Waals surface area contributed by atoms with E-state index in [9.17, 15) is 44.4 Å². The van der Waals surface area contributed by atoms with Crippen LogP contribution in [0.3, 0.4) is 0 Å². The summed E-state index contributed by atoms with van der Waals surface area (Å²) in [7, 11) is 5.25. The van der Waals surface area contributed by atoms with Gasteiger partial charge >= 0.3 is 18.1 Å². The number of sulfonamides is 3. The molecule has 10 N–H and O–H groups in total. The number of rotatable bonds is 8. The van der Waals surface area contributed by atoms with Crippen molar-refractivity contribution >= 4 is 54.1 Å². The zero-order valence-electron chi connectivity index (χ0n) is 36.1. The number of hydrogen-bond donors (Lipinski definition) is 10. The lowest BCUT2D eigenvalue weighted by Gasteiger charge is -2.14. The highest BCUT2D eigenvalue weighted by Gasteiger charge is 2.34. The van der Waals surface area contributed by atoms with Crippen LogP contribution in [0.2, 0.25) is 0 Å². The van der Waals surface area contributed by atoms with E-state index in [1.54, 1.807) is 28.1 Å². The summed E-state index contributed by atoms with van der Waals surface area (Å²) in [5, 5.41) is 15.5. The Morgan fingerprint density at radius 3 is 1.34 bits per heavy atom. The average Bonchev–Trinajstić information content (AvgIpc) is 4.11. The predicted octanol–water partition coefficient (Wildman–Crippen LogP) is -0.992. The fraction of sp³-hybridized carbons (Fsp3) is 0.871. The van der Waals surface area contributed by atoms with Crippen LogP contribution in [0.1, 0.15) is 66.7 Å². The summed E-state index contributed by atoms with van der Waals surface area (Å²) >= 11 is 0. The van der Waals surface area contributed by atoms with Crippen molar-refractivity contribution in [3.63, 3.8) is 0 Å². The molecule has 1 atom stereocenters. The van der Waals surface area contributed by atoms with Gasteiger partial charge in [0.1, 0.15) is 0 Å². The first-order valence-corrected chi connectivity index (χ1v) is 22.9. The van der Waals surface area contributed by atoms with E-state index in [2.05, 4.69) is 71.7 Å². The Morgan fingerprint density at radius 1 is 0.732 bits per heavy atom. The van der Waals surface area contributed by atoms with Crippen LogP contribution >= 0.6 is 0 Å². The van der Waals surface area contributed by atoms with E-state index in [1.165, 1.54) is 42.2 Å². The number of carbonyl (C=O) groups is 4. The summed E-state index contributed by atoms with van der Waals surface area (Å²) in [5.41, 5.74) is 2.05. The highest BCUT2D eigenvalue weighted by molar-refractivity contribution is 7.90. The maximum absolute atomic E-state index is 11.0. The molecule has 3 aliphatic rings. The Hall–Kier alpha value is -3.07. The molecule has 1 saturated heterocycles. The van der Waals surface area contributed by atoms with Gasteiger partial charge in [0, 0.05) is 60.3 Å². The summed E-state index contributed by atoms with van der Waals surface area (Å²) in [6, 6.07) is 0.754. The van der Waals surface area contributed by atoms with Gasteiger partial charge in [-0.15, -0.1) is 0 Å². The molecule has 7 amide bonds. The molecular weight excluding hydrogens is 799 g/mol. The summed E-state index contributed by atoms with van der Waals surface area (Å²) in [4.78, 5) is 47.3. The van der Waals surface area contributed by atoms with Crippen molar-refractivity contribution in [2.75, 3.05) is 88.6 Å². The van der Waals surface area contributed by atoms with E-state index in [0.29, 0.717) is 18.0 Å². The molecule has 3 rings (SSSR count). The van der Waals surface area contributed by atoms with Crippen molar-refractivity contribution in [3.05, 3.63) is 0 Å². The molecule has 338 valence electrons. The minimum Gasteiger partial charge on any atom is -0.359 e. The molecule has 0 aromatic rings. The van der Waals surface area contributed by atoms with Crippen LogP contribution in [0.15, 0.2) is 0 Å². The largest absolute Gasteiger partial charge is 0.359 e. The SMILES string of the molecule is CCS(=O)(=O)NC.CNC(=O)N1CCC(C)C1.CNC(=O)NC1CC1.CNC(=O)NOC.CNC(C)=O.CNC(C)C.CNS(=O)(=O)C1CC1.CNS(C)(=O)=O. The fourth-order valence-electron chi connectivity index (χ4n) is 2.60. The third kappa shape index (κ3) is 48.9. The van der Waals surface area contributed by atoms with Crippen LogP contribution in [0.4, 0.5) is 14.4 Å².